The fourth-order valence-corrected chi connectivity index (χ4v) is 5.20. The molecule has 0 aliphatic carbocycles. The molecule has 1 aromatic carbocycles. The maximum Gasteiger partial charge on any atom is 0.261 e. The Morgan fingerprint density at radius 2 is 1.83 bits per heavy atom. The summed E-state index contributed by atoms with van der Waals surface area (Å²) in [6.07, 6.45) is 4.23. The molecule has 1 amide bonds. The molecule has 0 N–H and O–H groups in total. The lowest BCUT2D eigenvalue weighted by molar-refractivity contribution is -0.131. The zero-order valence-electron chi connectivity index (χ0n) is 19.6. The van der Waals surface area contributed by atoms with Crippen molar-refractivity contribution in [3.05, 3.63) is 47.1 Å². The van der Waals surface area contributed by atoms with Crippen LogP contribution in [0.5, 0.6) is 11.5 Å². The van der Waals surface area contributed by atoms with Crippen LogP contribution in [-0.4, -0.2) is 70.7 Å². The first-order valence-corrected chi connectivity index (χ1v) is 12.2. The first-order chi connectivity index (χ1) is 17.1. The van der Waals surface area contributed by atoms with E-state index in [2.05, 4.69) is 19.9 Å². The largest absolute Gasteiger partial charge is 0.493 e. The van der Waals surface area contributed by atoms with Crippen molar-refractivity contribution in [2.75, 3.05) is 45.3 Å². The van der Waals surface area contributed by atoms with Crippen molar-refractivity contribution in [3.8, 4) is 11.5 Å². The summed E-state index contributed by atoms with van der Waals surface area (Å²) in [7, 11) is 3.07. The summed E-state index contributed by atoms with van der Waals surface area (Å²) in [6, 6.07) is 7.18. The average molecular weight is 495 g/mol. The predicted octanol–water partition coefficient (Wildman–Crippen LogP) is 2.55. The molecule has 0 radical (unpaired) electrons. The highest BCUT2D eigenvalue weighted by Gasteiger charge is 2.23. The van der Waals surface area contributed by atoms with Crippen LogP contribution in [0.2, 0.25) is 0 Å². The van der Waals surface area contributed by atoms with Gasteiger partial charge in [-0.25, -0.2) is 15.0 Å². The number of thiazole rings is 1. The lowest BCUT2D eigenvalue weighted by Crippen LogP contribution is -2.48. The zero-order chi connectivity index (χ0) is 24.4. The van der Waals surface area contributed by atoms with Crippen molar-refractivity contribution in [2.24, 2.45) is 0 Å². The summed E-state index contributed by atoms with van der Waals surface area (Å²) in [6.45, 7) is 3.21. The van der Waals surface area contributed by atoms with Gasteiger partial charge in [-0.05, 0) is 24.6 Å². The van der Waals surface area contributed by atoms with E-state index in [1.807, 2.05) is 17.0 Å². The van der Waals surface area contributed by atoms with Crippen molar-refractivity contribution < 1.29 is 14.3 Å². The van der Waals surface area contributed by atoms with E-state index >= 15 is 0 Å². The van der Waals surface area contributed by atoms with Crippen molar-refractivity contribution >= 4 is 43.6 Å². The Kier molecular flexibility index (Phi) is 6.49. The summed E-state index contributed by atoms with van der Waals surface area (Å²) in [4.78, 5) is 44.1. The second-order valence-corrected chi connectivity index (χ2v) is 9.22. The molecule has 4 aromatic rings. The molecule has 0 spiro atoms. The van der Waals surface area contributed by atoms with Gasteiger partial charge in [0.2, 0.25) is 5.91 Å². The average Bonchev–Trinajstić information content (AvgIpc) is 3.34. The van der Waals surface area contributed by atoms with Gasteiger partial charge in [-0.15, -0.1) is 0 Å². The van der Waals surface area contributed by atoms with Gasteiger partial charge >= 0.3 is 0 Å². The maximum absolute atomic E-state index is 12.9. The summed E-state index contributed by atoms with van der Waals surface area (Å²) in [5.74, 6) is 1.10. The van der Waals surface area contributed by atoms with Gasteiger partial charge in [-0.1, -0.05) is 11.3 Å². The molecule has 11 heteroatoms. The predicted molar refractivity (Wildman–Crippen MR) is 135 cm³/mol. The van der Waals surface area contributed by atoms with Crippen LogP contribution in [0.1, 0.15) is 12.8 Å². The fourth-order valence-electron chi connectivity index (χ4n) is 4.24. The first kappa shape index (κ1) is 23.0. The third kappa shape index (κ3) is 4.63. The molecule has 0 saturated carbocycles. The molecule has 1 aliphatic heterocycles. The van der Waals surface area contributed by atoms with E-state index in [4.69, 9.17) is 9.47 Å². The Bertz CT molecular complexity index is 1390. The van der Waals surface area contributed by atoms with Gasteiger partial charge in [0.25, 0.3) is 5.56 Å². The Labute approximate surface area is 205 Å². The lowest BCUT2D eigenvalue weighted by Gasteiger charge is -2.34. The normalized spacial score (nSPS) is 14.0. The number of nitrogens with zero attached hydrogens (tertiary/aromatic N) is 6. The number of carbonyl (C=O) groups excluding carboxylic acids is 1. The summed E-state index contributed by atoms with van der Waals surface area (Å²) in [5, 5.41) is 1.40. The second kappa shape index (κ2) is 9.87. The van der Waals surface area contributed by atoms with Gasteiger partial charge in [0.05, 0.1) is 31.4 Å². The molecule has 1 aliphatic rings. The van der Waals surface area contributed by atoms with E-state index < -0.39 is 0 Å². The number of carbonyl (C=O) groups is 1. The van der Waals surface area contributed by atoms with Gasteiger partial charge in [0.15, 0.2) is 16.6 Å². The smallest absolute Gasteiger partial charge is 0.261 e. The summed E-state index contributed by atoms with van der Waals surface area (Å²) in [5.41, 5.74) is 1.28. The number of anilines is 1. The molecule has 3 aromatic heterocycles. The third-order valence-corrected chi connectivity index (χ3v) is 7.22. The number of aromatic nitrogens is 4. The molecular formula is C24H26N6O4S. The number of benzene rings is 1. The van der Waals surface area contributed by atoms with E-state index in [9.17, 15) is 9.59 Å². The van der Waals surface area contributed by atoms with Crippen LogP contribution >= 0.6 is 11.3 Å². The number of hydrogen-bond acceptors (Lipinski definition) is 9. The van der Waals surface area contributed by atoms with Crippen LogP contribution in [0.15, 0.2) is 41.6 Å². The molecule has 4 heterocycles. The lowest BCUT2D eigenvalue weighted by atomic mass is 10.2. The van der Waals surface area contributed by atoms with Crippen LogP contribution in [0.4, 0.5) is 5.13 Å². The molecule has 0 atom stereocenters. The molecule has 5 rings (SSSR count). The number of piperazine rings is 1. The molecule has 1 saturated heterocycles. The Morgan fingerprint density at radius 1 is 1.06 bits per heavy atom. The number of pyridine rings is 1. The Morgan fingerprint density at radius 3 is 2.57 bits per heavy atom. The van der Waals surface area contributed by atoms with Gasteiger partial charge < -0.3 is 19.3 Å². The summed E-state index contributed by atoms with van der Waals surface area (Å²) < 4.78 is 12.1. The Hall–Kier alpha value is -3.73. The van der Waals surface area contributed by atoms with Gasteiger partial charge in [0, 0.05) is 51.4 Å². The number of ether oxygens (including phenoxy) is 2. The fraction of sp³-hybridized carbons (Fsp3) is 0.375. The van der Waals surface area contributed by atoms with Crippen LogP contribution in [0.3, 0.4) is 0 Å². The second-order valence-electron chi connectivity index (χ2n) is 8.26. The summed E-state index contributed by atoms with van der Waals surface area (Å²) >= 11 is 1.58. The van der Waals surface area contributed by atoms with E-state index in [0.29, 0.717) is 54.9 Å². The van der Waals surface area contributed by atoms with E-state index in [0.717, 1.165) is 28.6 Å². The number of amides is 1. The molecule has 35 heavy (non-hydrogen) atoms. The quantitative estimate of drug-likeness (QED) is 0.386. The van der Waals surface area contributed by atoms with Crippen LogP contribution in [0.25, 0.3) is 21.3 Å². The first-order valence-electron chi connectivity index (χ1n) is 11.4. The highest BCUT2D eigenvalue weighted by atomic mass is 32.1. The molecule has 1 fully saturated rings. The SMILES string of the molecule is COc1cc2ncn(CCCC(=O)N3CCN(c4nc5cccnc5s4)CC3)c(=O)c2cc1OC. The number of hydrogen-bond donors (Lipinski definition) is 0. The van der Waals surface area contributed by atoms with Crippen LogP contribution < -0.4 is 19.9 Å². The van der Waals surface area contributed by atoms with Crippen LogP contribution in [0, 0.1) is 0 Å². The van der Waals surface area contributed by atoms with E-state index in [1.165, 1.54) is 13.4 Å². The molecule has 0 unspecified atom stereocenters. The number of fused-ring (bicyclic) bond motifs is 2. The molecule has 0 bridgehead atoms. The van der Waals surface area contributed by atoms with E-state index in [-0.39, 0.29) is 11.5 Å². The van der Waals surface area contributed by atoms with Gasteiger partial charge in [-0.3, -0.25) is 14.2 Å². The van der Waals surface area contributed by atoms with Gasteiger partial charge in [-0.2, -0.15) is 0 Å². The number of rotatable bonds is 7. The van der Waals surface area contributed by atoms with E-state index in [1.54, 1.807) is 41.3 Å². The highest BCUT2D eigenvalue weighted by Crippen LogP contribution is 2.30. The van der Waals surface area contributed by atoms with Crippen molar-refractivity contribution in [3.63, 3.8) is 0 Å². The molecule has 182 valence electrons. The minimum Gasteiger partial charge on any atom is -0.493 e. The van der Waals surface area contributed by atoms with Crippen molar-refractivity contribution in [1.29, 1.82) is 0 Å². The zero-order valence-corrected chi connectivity index (χ0v) is 20.5. The van der Waals surface area contributed by atoms with Crippen LogP contribution in [-0.2, 0) is 11.3 Å². The maximum atomic E-state index is 12.9. The molecular weight excluding hydrogens is 468 g/mol. The minimum absolute atomic E-state index is 0.101. The van der Waals surface area contributed by atoms with Crippen molar-refractivity contribution in [2.45, 2.75) is 19.4 Å². The Balaban J connectivity index is 1.16. The number of methoxy groups -OCH3 is 2. The van der Waals surface area contributed by atoms with Crippen molar-refractivity contribution in [1.82, 2.24) is 24.4 Å². The minimum atomic E-state index is -0.164. The standard InChI is InChI=1S/C24H26N6O4S/c1-33-19-13-16-18(14-20(19)34-2)26-15-30(23(16)32)8-4-6-21(31)28-9-11-29(12-10-28)24-27-17-5-3-7-25-22(17)35-24/h3,5,7,13-15H,4,6,8-12H2,1-2H3. The molecule has 10 nitrogen and oxygen atoms in total. The third-order valence-electron chi connectivity index (χ3n) is 6.18. The topological polar surface area (TPSA) is 103 Å². The van der Waals surface area contributed by atoms with Gasteiger partial charge in [0.1, 0.15) is 10.3 Å². The monoisotopic (exact) mass is 494 g/mol. The number of aryl methyl sites for hydroxylation is 1. The highest BCUT2D eigenvalue weighted by molar-refractivity contribution is 7.21.